The minimum Gasteiger partial charge on any atom is -0.508 e. The molecule has 7 atom stereocenters. The Hall–Kier alpha value is -1.55. The molecule has 1 amide bonds. The van der Waals surface area contributed by atoms with E-state index in [1.807, 2.05) is 24.1 Å². The van der Waals surface area contributed by atoms with Crippen LogP contribution in [0.15, 0.2) is 18.2 Å². The number of aliphatic hydroxyl groups excluding tert-OH is 1. The van der Waals surface area contributed by atoms with Crippen LogP contribution in [0.5, 0.6) is 5.75 Å². The maximum absolute atomic E-state index is 12.2. The third-order valence-corrected chi connectivity index (χ3v) is 11.4. The zero-order valence-corrected chi connectivity index (χ0v) is 25.5. The Kier molecular flexibility index (Phi) is 10.8. The summed E-state index contributed by atoms with van der Waals surface area (Å²) in [4.78, 5) is 14.1. The molecule has 0 saturated heterocycles. The van der Waals surface area contributed by atoms with Gasteiger partial charge in [-0.1, -0.05) is 78.2 Å². The van der Waals surface area contributed by atoms with Crippen LogP contribution >= 0.6 is 0 Å². The molecule has 220 valence electrons. The van der Waals surface area contributed by atoms with Gasteiger partial charge in [0.05, 0.1) is 6.10 Å². The minimum atomic E-state index is -0.449. The summed E-state index contributed by atoms with van der Waals surface area (Å²) in [5.74, 6) is 3.51. The molecule has 4 heteroatoms. The zero-order valence-electron chi connectivity index (χ0n) is 25.5. The molecule has 6 unspecified atom stereocenters. The fourth-order valence-corrected chi connectivity index (χ4v) is 8.79. The summed E-state index contributed by atoms with van der Waals surface area (Å²) in [6.07, 6.45) is 18.4. The van der Waals surface area contributed by atoms with Crippen molar-refractivity contribution in [2.75, 3.05) is 13.6 Å². The summed E-state index contributed by atoms with van der Waals surface area (Å²) in [6, 6.07) is 5.80. The van der Waals surface area contributed by atoms with E-state index >= 15 is 0 Å². The van der Waals surface area contributed by atoms with Gasteiger partial charge in [-0.05, 0) is 103 Å². The number of nitrogens with zero attached hydrogens (tertiary/aromatic N) is 1. The van der Waals surface area contributed by atoms with Gasteiger partial charge in [-0.3, -0.25) is 4.79 Å². The van der Waals surface area contributed by atoms with Crippen LogP contribution in [-0.4, -0.2) is 34.6 Å². The summed E-state index contributed by atoms with van der Waals surface area (Å²) in [5.41, 5.74) is 2.74. The lowest BCUT2D eigenvalue weighted by Crippen LogP contribution is -2.46. The van der Waals surface area contributed by atoms with Crippen LogP contribution in [0.3, 0.4) is 0 Å². The zero-order chi connectivity index (χ0) is 28.0. The van der Waals surface area contributed by atoms with Gasteiger partial charge in [0, 0.05) is 20.0 Å². The number of benzene rings is 1. The largest absolute Gasteiger partial charge is 0.508 e. The predicted octanol–water partition coefficient (Wildman–Crippen LogP) is 8.76. The van der Waals surface area contributed by atoms with E-state index in [0.29, 0.717) is 41.4 Å². The van der Waals surface area contributed by atoms with Crippen molar-refractivity contribution < 1.29 is 15.0 Å². The number of amides is 1. The Labute approximate surface area is 239 Å². The number of rotatable bonds is 14. The molecular weight excluding hydrogens is 482 g/mol. The molecule has 3 aliphatic carbocycles. The molecule has 2 fully saturated rings. The van der Waals surface area contributed by atoms with Crippen LogP contribution in [-0.2, 0) is 4.79 Å². The highest BCUT2D eigenvalue weighted by Crippen LogP contribution is 2.65. The number of aromatic hydroxyl groups is 1. The Morgan fingerprint density at radius 3 is 2.38 bits per heavy atom. The Morgan fingerprint density at radius 2 is 1.67 bits per heavy atom. The first-order valence-electron chi connectivity index (χ1n) is 16.5. The maximum atomic E-state index is 12.2. The molecular formula is C35H57NO3. The Bertz CT molecular complexity index is 930. The van der Waals surface area contributed by atoms with Gasteiger partial charge in [0.25, 0.3) is 0 Å². The van der Waals surface area contributed by atoms with Crippen molar-refractivity contribution in [2.24, 2.45) is 29.1 Å². The second-order valence-corrected chi connectivity index (χ2v) is 13.8. The number of carbonyl (C=O) groups excluding carboxylic acids is 1. The van der Waals surface area contributed by atoms with Gasteiger partial charge in [-0.2, -0.15) is 0 Å². The molecule has 2 N–H and O–H groups in total. The topological polar surface area (TPSA) is 60.8 Å². The highest BCUT2D eigenvalue weighted by molar-refractivity contribution is 5.75. The van der Waals surface area contributed by atoms with Crippen molar-refractivity contribution >= 4 is 5.91 Å². The van der Waals surface area contributed by atoms with Gasteiger partial charge in [0.15, 0.2) is 0 Å². The van der Waals surface area contributed by atoms with E-state index in [9.17, 15) is 15.0 Å². The Morgan fingerprint density at radius 1 is 0.974 bits per heavy atom. The van der Waals surface area contributed by atoms with Gasteiger partial charge in [-0.25, -0.2) is 0 Å². The molecule has 3 aliphatic rings. The fourth-order valence-electron chi connectivity index (χ4n) is 8.79. The molecule has 4 rings (SSSR count). The SMILES string of the molecule is CCCCN(C)C(=O)CCCCCCCCCCC1C2C(CCC3(C)C(C)CCC23)c2ccc(O)cc2[C@H]1O. The molecule has 0 bridgehead atoms. The second-order valence-electron chi connectivity index (χ2n) is 13.8. The molecule has 0 spiro atoms. The lowest BCUT2D eigenvalue weighted by atomic mass is 9.50. The smallest absolute Gasteiger partial charge is 0.222 e. The van der Waals surface area contributed by atoms with Gasteiger partial charge < -0.3 is 15.1 Å². The third-order valence-electron chi connectivity index (χ3n) is 11.4. The number of phenols is 1. The van der Waals surface area contributed by atoms with E-state index in [2.05, 4.69) is 26.8 Å². The van der Waals surface area contributed by atoms with E-state index in [-0.39, 0.29) is 5.75 Å². The van der Waals surface area contributed by atoms with Crippen molar-refractivity contribution in [3.8, 4) is 5.75 Å². The summed E-state index contributed by atoms with van der Waals surface area (Å²) in [6.45, 7) is 8.06. The van der Waals surface area contributed by atoms with E-state index < -0.39 is 6.10 Å². The first-order valence-corrected chi connectivity index (χ1v) is 16.5. The monoisotopic (exact) mass is 539 g/mol. The number of phenolic OH excluding ortho intramolecular Hbond substituents is 1. The van der Waals surface area contributed by atoms with Crippen LogP contribution in [0.2, 0.25) is 0 Å². The molecule has 0 heterocycles. The number of hydrogen-bond donors (Lipinski definition) is 2. The number of carbonyl (C=O) groups is 1. The Balaban J connectivity index is 1.22. The molecule has 4 nitrogen and oxygen atoms in total. The van der Waals surface area contributed by atoms with Gasteiger partial charge in [0.1, 0.15) is 5.75 Å². The highest BCUT2D eigenvalue weighted by Gasteiger charge is 2.57. The molecule has 0 radical (unpaired) electrons. The molecule has 0 aliphatic heterocycles. The number of aliphatic hydroxyl groups is 1. The van der Waals surface area contributed by atoms with Crippen molar-refractivity contribution in [1.82, 2.24) is 4.90 Å². The van der Waals surface area contributed by atoms with Gasteiger partial charge in [-0.15, -0.1) is 0 Å². The van der Waals surface area contributed by atoms with Crippen LogP contribution in [0.25, 0.3) is 0 Å². The maximum Gasteiger partial charge on any atom is 0.222 e. The van der Waals surface area contributed by atoms with E-state index in [0.717, 1.165) is 50.1 Å². The van der Waals surface area contributed by atoms with E-state index in [1.54, 1.807) is 0 Å². The van der Waals surface area contributed by atoms with Crippen molar-refractivity contribution in [2.45, 2.75) is 136 Å². The number of hydrogen-bond acceptors (Lipinski definition) is 3. The summed E-state index contributed by atoms with van der Waals surface area (Å²) in [5, 5.41) is 21.9. The first-order chi connectivity index (χ1) is 18.8. The summed E-state index contributed by atoms with van der Waals surface area (Å²) >= 11 is 0. The fraction of sp³-hybridized carbons (Fsp3) is 0.800. The lowest BCUT2D eigenvalue weighted by molar-refractivity contribution is -0.130. The van der Waals surface area contributed by atoms with E-state index in [1.165, 1.54) is 69.8 Å². The number of unbranched alkanes of at least 4 members (excludes halogenated alkanes) is 8. The van der Waals surface area contributed by atoms with Crippen molar-refractivity contribution in [3.05, 3.63) is 29.3 Å². The predicted molar refractivity (Wildman–Crippen MR) is 161 cm³/mol. The van der Waals surface area contributed by atoms with Crippen LogP contribution in [0.1, 0.15) is 147 Å². The third kappa shape index (κ3) is 6.85. The van der Waals surface area contributed by atoms with E-state index in [4.69, 9.17) is 0 Å². The summed E-state index contributed by atoms with van der Waals surface area (Å²) in [7, 11) is 1.94. The van der Waals surface area contributed by atoms with Gasteiger partial charge in [0.2, 0.25) is 5.91 Å². The number of fused-ring (bicyclic) bond motifs is 5. The second kappa shape index (κ2) is 13.9. The lowest BCUT2D eigenvalue weighted by Gasteiger charge is -2.54. The summed E-state index contributed by atoms with van der Waals surface area (Å²) < 4.78 is 0. The highest BCUT2D eigenvalue weighted by atomic mass is 16.3. The first kappa shape index (κ1) is 30.4. The average molecular weight is 540 g/mol. The van der Waals surface area contributed by atoms with Crippen LogP contribution < -0.4 is 0 Å². The minimum absolute atomic E-state index is 0.285. The molecule has 1 aromatic rings. The van der Waals surface area contributed by atoms with Crippen LogP contribution in [0, 0.1) is 29.1 Å². The van der Waals surface area contributed by atoms with Crippen molar-refractivity contribution in [3.63, 3.8) is 0 Å². The standard InChI is InChI=1S/C35H57NO3/c1-5-6-23-36(4)32(38)16-14-12-10-8-7-9-11-13-15-29-33-28(21-22-35(3)25(2)17-20-31(33)35)27-19-18-26(37)24-30(27)34(29)39/h18-19,24-25,28-29,31,33-34,37,39H,5-17,20-23H2,1-4H3/t25?,28?,29?,31?,33?,34-,35?/m0/s1. The quantitative estimate of drug-likeness (QED) is 0.232. The molecule has 39 heavy (non-hydrogen) atoms. The average Bonchev–Trinajstić information content (AvgIpc) is 3.23. The van der Waals surface area contributed by atoms with Gasteiger partial charge >= 0.3 is 0 Å². The van der Waals surface area contributed by atoms with Crippen LogP contribution in [0.4, 0.5) is 0 Å². The molecule has 2 saturated carbocycles. The molecule has 0 aromatic heterocycles. The normalized spacial score (nSPS) is 31.4. The molecule has 1 aromatic carbocycles. The van der Waals surface area contributed by atoms with Crippen molar-refractivity contribution in [1.29, 1.82) is 0 Å².